The van der Waals surface area contributed by atoms with E-state index in [9.17, 15) is 14.4 Å². The van der Waals surface area contributed by atoms with Crippen LogP contribution in [0.5, 0.6) is 0 Å². The number of amides is 3. The van der Waals surface area contributed by atoms with Gasteiger partial charge in [0.15, 0.2) is 0 Å². The highest BCUT2D eigenvalue weighted by atomic mass is 16.2. The second-order valence-electron chi connectivity index (χ2n) is 8.41. The Bertz CT molecular complexity index is 557. The molecule has 0 aromatic carbocycles. The molecule has 3 amide bonds. The Morgan fingerprint density at radius 1 is 1.15 bits per heavy atom. The van der Waals surface area contributed by atoms with Crippen molar-refractivity contribution in [2.75, 3.05) is 26.2 Å². The lowest BCUT2D eigenvalue weighted by molar-refractivity contribution is -0.139. The number of hydrogen-bond acceptors (Lipinski definition) is 4. The first-order chi connectivity index (χ1) is 12.4. The molecule has 0 aromatic rings. The maximum atomic E-state index is 12.8. The van der Waals surface area contributed by atoms with Crippen LogP contribution >= 0.6 is 0 Å². The minimum atomic E-state index is -0.485. The molecular weight excluding hydrogens is 332 g/mol. The van der Waals surface area contributed by atoms with Crippen LogP contribution in [-0.2, 0) is 14.4 Å². The van der Waals surface area contributed by atoms with E-state index in [2.05, 4.69) is 19.2 Å². The zero-order chi connectivity index (χ0) is 18.8. The molecule has 3 N–H and O–H groups in total. The second-order valence-corrected chi connectivity index (χ2v) is 8.41. The summed E-state index contributed by atoms with van der Waals surface area (Å²) in [6, 6.07) is -0.553. The molecule has 0 aromatic heterocycles. The maximum Gasteiger partial charge on any atom is 0.242 e. The van der Waals surface area contributed by atoms with Crippen LogP contribution in [0.1, 0.15) is 46.0 Å². The Morgan fingerprint density at radius 3 is 2.35 bits per heavy atom. The number of hydrogen-bond donors (Lipinski definition) is 2. The minimum absolute atomic E-state index is 0.0660. The SMILES string of the molecule is CC(C)CN(C(=O)C1CC1)C1CC(C(=O)NCCN)N(C(=O)C2CC2)C1. The number of nitrogens with zero attached hydrogens (tertiary/aromatic N) is 2. The van der Waals surface area contributed by atoms with Crippen LogP contribution in [0.3, 0.4) is 0 Å². The summed E-state index contributed by atoms with van der Waals surface area (Å²) in [6.07, 6.45) is 4.28. The van der Waals surface area contributed by atoms with E-state index in [1.807, 2.05) is 4.90 Å². The van der Waals surface area contributed by atoms with Crippen LogP contribution in [0, 0.1) is 17.8 Å². The van der Waals surface area contributed by atoms with Crippen LogP contribution < -0.4 is 11.1 Å². The van der Waals surface area contributed by atoms with Crippen molar-refractivity contribution in [1.82, 2.24) is 15.1 Å². The summed E-state index contributed by atoms with van der Waals surface area (Å²) in [7, 11) is 0. The third-order valence-corrected chi connectivity index (χ3v) is 5.45. The van der Waals surface area contributed by atoms with Crippen molar-refractivity contribution < 1.29 is 14.4 Å². The zero-order valence-corrected chi connectivity index (χ0v) is 15.9. The molecule has 146 valence electrons. The molecule has 0 bridgehead atoms. The van der Waals surface area contributed by atoms with E-state index in [-0.39, 0.29) is 35.6 Å². The number of nitrogens with one attached hydrogen (secondary N) is 1. The lowest BCUT2D eigenvalue weighted by Crippen LogP contribution is -2.47. The average Bonchev–Trinajstić information content (AvgIpc) is 3.51. The first-order valence-corrected chi connectivity index (χ1v) is 10.0. The van der Waals surface area contributed by atoms with E-state index in [0.29, 0.717) is 38.5 Å². The largest absolute Gasteiger partial charge is 0.353 e. The topological polar surface area (TPSA) is 95.7 Å². The number of nitrogens with two attached hydrogens (primary N) is 1. The van der Waals surface area contributed by atoms with Gasteiger partial charge in [-0.3, -0.25) is 14.4 Å². The van der Waals surface area contributed by atoms with E-state index in [0.717, 1.165) is 25.7 Å². The summed E-state index contributed by atoms with van der Waals surface area (Å²) < 4.78 is 0. The fourth-order valence-corrected chi connectivity index (χ4v) is 3.79. The smallest absolute Gasteiger partial charge is 0.242 e. The van der Waals surface area contributed by atoms with Crippen molar-refractivity contribution >= 4 is 17.7 Å². The Hall–Kier alpha value is -1.63. The fraction of sp³-hybridized carbons (Fsp3) is 0.842. The number of carbonyl (C=O) groups excluding carboxylic acids is 3. The average molecular weight is 364 g/mol. The van der Waals surface area contributed by atoms with Crippen molar-refractivity contribution in [3.63, 3.8) is 0 Å². The van der Waals surface area contributed by atoms with Gasteiger partial charge < -0.3 is 20.9 Å². The Kier molecular flexibility index (Phi) is 5.85. The van der Waals surface area contributed by atoms with Gasteiger partial charge >= 0.3 is 0 Å². The first-order valence-electron chi connectivity index (χ1n) is 10.0. The molecule has 1 heterocycles. The molecule has 2 unspecified atom stereocenters. The second kappa shape index (κ2) is 7.94. The summed E-state index contributed by atoms with van der Waals surface area (Å²) in [4.78, 5) is 41.8. The molecule has 7 heteroatoms. The molecule has 1 aliphatic heterocycles. The van der Waals surface area contributed by atoms with Crippen molar-refractivity contribution in [2.24, 2.45) is 23.5 Å². The van der Waals surface area contributed by atoms with E-state index in [4.69, 9.17) is 5.73 Å². The standard InChI is InChI=1S/C19H32N4O3/c1-12(2)10-22(18(25)13-3-4-13)15-9-16(17(24)21-8-7-20)23(11-15)19(26)14-5-6-14/h12-16H,3-11,20H2,1-2H3,(H,21,24). The van der Waals surface area contributed by atoms with Gasteiger partial charge in [-0.05, 0) is 38.0 Å². The van der Waals surface area contributed by atoms with Gasteiger partial charge in [-0.15, -0.1) is 0 Å². The molecule has 0 radical (unpaired) electrons. The molecule has 7 nitrogen and oxygen atoms in total. The predicted molar refractivity (Wildman–Crippen MR) is 98.0 cm³/mol. The van der Waals surface area contributed by atoms with Crippen LogP contribution in [0.25, 0.3) is 0 Å². The van der Waals surface area contributed by atoms with E-state index in [1.165, 1.54) is 0 Å². The van der Waals surface area contributed by atoms with Gasteiger partial charge in [-0.2, -0.15) is 0 Å². The monoisotopic (exact) mass is 364 g/mol. The number of rotatable bonds is 8. The maximum absolute atomic E-state index is 12.8. The molecule has 3 rings (SSSR count). The molecule has 2 aliphatic carbocycles. The van der Waals surface area contributed by atoms with Gasteiger partial charge in [0.2, 0.25) is 17.7 Å². The van der Waals surface area contributed by atoms with E-state index < -0.39 is 6.04 Å². The van der Waals surface area contributed by atoms with Gasteiger partial charge in [-0.1, -0.05) is 13.8 Å². The van der Waals surface area contributed by atoms with Crippen LogP contribution in [-0.4, -0.2) is 65.8 Å². The molecule has 3 fully saturated rings. The first kappa shape index (κ1) is 19.1. The summed E-state index contributed by atoms with van der Waals surface area (Å²) in [5.74, 6) is 0.697. The number of likely N-dealkylation sites (tertiary alicyclic amines) is 1. The molecular formula is C19H32N4O3. The van der Waals surface area contributed by atoms with Gasteiger partial charge in [0, 0.05) is 38.0 Å². The molecule has 1 saturated heterocycles. The highest BCUT2D eigenvalue weighted by molar-refractivity contribution is 5.90. The quantitative estimate of drug-likeness (QED) is 0.649. The van der Waals surface area contributed by atoms with Crippen molar-refractivity contribution in [3.8, 4) is 0 Å². The normalized spacial score (nSPS) is 25.5. The third kappa shape index (κ3) is 4.37. The van der Waals surface area contributed by atoms with Crippen molar-refractivity contribution in [1.29, 1.82) is 0 Å². The van der Waals surface area contributed by atoms with Crippen molar-refractivity contribution in [3.05, 3.63) is 0 Å². The van der Waals surface area contributed by atoms with Crippen LogP contribution in [0.4, 0.5) is 0 Å². The van der Waals surface area contributed by atoms with Crippen LogP contribution in [0.2, 0.25) is 0 Å². The molecule has 3 aliphatic rings. The third-order valence-electron chi connectivity index (χ3n) is 5.45. The lowest BCUT2D eigenvalue weighted by atomic mass is 10.1. The highest BCUT2D eigenvalue weighted by Gasteiger charge is 2.47. The Balaban J connectivity index is 1.74. The van der Waals surface area contributed by atoms with Crippen molar-refractivity contribution in [2.45, 2.75) is 58.0 Å². The van der Waals surface area contributed by atoms with E-state index >= 15 is 0 Å². The Morgan fingerprint density at radius 2 is 1.81 bits per heavy atom. The summed E-state index contributed by atoms with van der Waals surface area (Å²) in [5, 5.41) is 2.82. The minimum Gasteiger partial charge on any atom is -0.353 e. The highest BCUT2D eigenvalue weighted by Crippen LogP contribution is 2.37. The molecule has 0 spiro atoms. The van der Waals surface area contributed by atoms with Gasteiger partial charge in [-0.25, -0.2) is 0 Å². The van der Waals surface area contributed by atoms with Crippen LogP contribution in [0.15, 0.2) is 0 Å². The fourth-order valence-electron chi connectivity index (χ4n) is 3.79. The summed E-state index contributed by atoms with van der Waals surface area (Å²) in [5.41, 5.74) is 5.49. The molecule has 2 atom stereocenters. The van der Waals surface area contributed by atoms with E-state index in [1.54, 1.807) is 4.90 Å². The lowest BCUT2D eigenvalue weighted by Gasteiger charge is -2.31. The number of carbonyl (C=O) groups is 3. The zero-order valence-electron chi connectivity index (χ0n) is 15.9. The van der Waals surface area contributed by atoms with Gasteiger partial charge in [0.25, 0.3) is 0 Å². The predicted octanol–water partition coefficient (Wildman–Crippen LogP) is 0.335. The molecule has 26 heavy (non-hydrogen) atoms. The summed E-state index contributed by atoms with van der Waals surface area (Å²) in [6.45, 7) is 6.13. The van der Waals surface area contributed by atoms with Gasteiger partial charge in [0.1, 0.15) is 6.04 Å². The Labute approximate surface area is 155 Å². The summed E-state index contributed by atoms with van der Waals surface area (Å²) >= 11 is 0. The van der Waals surface area contributed by atoms with Gasteiger partial charge in [0.05, 0.1) is 6.04 Å². The molecule has 2 saturated carbocycles.